The number of unbranched alkanes of at least 4 members (excludes halogenated alkanes) is 1. The summed E-state index contributed by atoms with van der Waals surface area (Å²) in [4.78, 5) is 147. The van der Waals surface area contributed by atoms with Gasteiger partial charge in [0.15, 0.2) is 0 Å². The summed E-state index contributed by atoms with van der Waals surface area (Å²) in [5.41, 5.74) is 12.1. The van der Waals surface area contributed by atoms with Gasteiger partial charge in [-0.15, -0.1) is 0 Å². The van der Waals surface area contributed by atoms with Crippen LogP contribution in [-0.4, -0.2) is 276 Å². The maximum Gasteiger partial charge on any atom is 0.303 e. The molecule has 0 aliphatic heterocycles. The maximum atomic E-state index is 14.9. The molecule has 0 heterocycles. The fourth-order valence-electron chi connectivity index (χ4n) is 11.4. The van der Waals surface area contributed by atoms with Crippen molar-refractivity contribution in [3.8, 4) is 0 Å². The van der Waals surface area contributed by atoms with E-state index in [1.165, 1.54) is 32.9 Å². The number of nitrogens with two attached hydrogens (primary N) is 2. The zero-order chi connectivity index (χ0) is 84.6. The topological polar surface area (TPSA) is 558 Å². The molecule has 3 aromatic rings. The van der Waals surface area contributed by atoms with Gasteiger partial charge in [-0.3, -0.25) is 52.7 Å². The van der Waals surface area contributed by atoms with Crippen molar-refractivity contribution < 1.29 is 102 Å². The lowest BCUT2D eigenvalue weighted by Crippen LogP contribution is -2.58. The summed E-state index contributed by atoms with van der Waals surface area (Å²) in [6.45, 7) is 4.26. The number of amides is 10. The van der Waals surface area contributed by atoms with Crippen molar-refractivity contribution in [2.24, 2.45) is 23.3 Å². The smallest absolute Gasteiger partial charge is 0.303 e. The van der Waals surface area contributed by atoms with Crippen LogP contribution in [0, 0.1) is 11.8 Å². The monoisotopic (exact) mass is 1680 g/mol. The SMILES string of the molecule is CC(=O)NC(C(=O)N[C@@H](Cc1ccccc1)CN(CC(=O)N[C@@H](CCC(=O)O)C(=O)N[C@@H](Cc1ccccc1)CN(CC(=O)N[C@@H](C)C(=O)N[C@@H](CCCCN)CN(CC(=O)N[C@@H](CC(C)C)C(=O)N[C@@H](CO)CN(CC(=O)N[C@@H](C)C(N)=O)S(C)(=O)=O)S(=O)(=O)CC(C)C)S(=O)(=O)c1ccc(Cl)cc1)S(C)(=O)=O)[C@H](C)O. The minimum Gasteiger partial charge on any atom is -0.481 e. The second-order valence-corrected chi connectivity index (χ2v) is 36.6. The van der Waals surface area contributed by atoms with Gasteiger partial charge in [-0.2, -0.15) is 17.2 Å². The van der Waals surface area contributed by atoms with Crippen LogP contribution in [-0.2, 0) is 106 Å². The van der Waals surface area contributed by atoms with Crippen LogP contribution in [0.1, 0.15) is 105 Å². The highest BCUT2D eigenvalue weighted by atomic mass is 35.5. The predicted molar refractivity (Wildman–Crippen MR) is 415 cm³/mol. The number of hydrogen-bond donors (Lipinski definition) is 14. The third kappa shape index (κ3) is 36.2. The lowest BCUT2D eigenvalue weighted by atomic mass is 10.0. The Morgan fingerprint density at radius 3 is 1.38 bits per heavy atom. The predicted octanol–water partition coefficient (Wildman–Crippen LogP) is -3.05. The molecule has 16 N–H and O–H groups in total. The third-order valence-corrected chi connectivity index (χ3v) is 23.6. The van der Waals surface area contributed by atoms with E-state index in [1.54, 1.807) is 88.4 Å². The third-order valence-electron chi connectivity index (χ3n) is 16.9. The van der Waals surface area contributed by atoms with Crippen molar-refractivity contribution in [2.45, 2.75) is 172 Å². The number of aliphatic hydroxyl groups excluding tert-OH is 2. The molecule has 0 fully saturated rings. The van der Waals surface area contributed by atoms with Gasteiger partial charge >= 0.3 is 5.97 Å². The molecular formula is C70H110ClN15O22S4. The molecule has 0 aliphatic rings. The minimum atomic E-state index is -4.84. The van der Waals surface area contributed by atoms with E-state index in [-0.39, 0.29) is 49.6 Å². The molecule has 1 unspecified atom stereocenters. The Morgan fingerprint density at radius 1 is 0.491 bits per heavy atom. The number of carboxylic acid groups (broad SMARTS) is 1. The molecule has 112 heavy (non-hydrogen) atoms. The molecule has 42 heteroatoms. The van der Waals surface area contributed by atoms with Gasteiger partial charge < -0.3 is 74.6 Å². The van der Waals surface area contributed by atoms with Crippen molar-refractivity contribution in [2.75, 3.05) is 83.8 Å². The first-order valence-corrected chi connectivity index (χ1v) is 43.1. The molecule has 10 atom stereocenters. The molecule has 0 radical (unpaired) electrons. The van der Waals surface area contributed by atoms with Crippen LogP contribution in [0.4, 0.5) is 0 Å². The Hall–Kier alpha value is -8.36. The Balaban J connectivity index is 2.03. The van der Waals surface area contributed by atoms with Crippen molar-refractivity contribution in [1.29, 1.82) is 0 Å². The number of nitrogens with one attached hydrogen (secondary N) is 9. The van der Waals surface area contributed by atoms with E-state index in [0.29, 0.717) is 30.5 Å². The van der Waals surface area contributed by atoms with E-state index in [4.69, 9.17) is 23.1 Å². The summed E-state index contributed by atoms with van der Waals surface area (Å²) in [6, 6.07) is 8.91. The van der Waals surface area contributed by atoms with Crippen molar-refractivity contribution >= 4 is 117 Å². The molecular weight excluding hydrogens is 1570 g/mol. The van der Waals surface area contributed by atoms with E-state index in [0.717, 1.165) is 35.9 Å². The zero-order valence-electron chi connectivity index (χ0n) is 64.5. The van der Waals surface area contributed by atoms with E-state index in [9.17, 15) is 102 Å². The first-order chi connectivity index (χ1) is 52.1. The van der Waals surface area contributed by atoms with Gasteiger partial charge in [0.2, 0.25) is 99.2 Å². The summed E-state index contributed by atoms with van der Waals surface area (Å²) >= 11 is 6.18. The molecule has 3 aromatic carbocycles. The van der Waals surface area contributed by atoms with Gasteiger partial charge in [-0.25, -0.2) is 33.7 Å². The molecule has 0 aromatic heterocycles. The van der Waals surface area contributed by atoms with Crippen LogP contribution in [0.3, 0.4) is 0 Å². The summed E-state index contributed by atoms with van der Waals surface area (Å²) in [6.07, 6.45) is -0.906. The Morgan fingerprint density at radius 2 is 0.920 bits per heavy atom. The standard InChI is InChI=1S/C70H110ClN15O22S4/c1-44(2)31-59(69(99)80-56(42-87)37-84(110(10,103)104)38-60(90)74-46(5)66(73)96)82-63(93)40-85(111(105,106)43-45(3)4)34-53(23-17-18-30-72)77-67(97)47(6)75-61(91)41-86(112(107,108)57-26-24-52(71)25-27-57)36-55(33-51-21-15-12-16-22-51)78-68(98)58(28-29-64(94)95)81-62(92)39-83(109(9,101)102)35-54(32-50-19-13-11-14-20-50)79-70(100)65(48(7)88)76-49(8)89/h11-16,19-22,24-27,44-48,53-56,58-59,65,87-88H,17-18,23,28-43,72H2,1-10H3,(H2,73,96)(H,74,90)(H,75,91)(H,76,89)(H,77,97)(H,78,98)(H,79,100)(H,80,99)(H,81,92)(H,82,93)(H,94,95)/t46-,47-,48-,53-,54-,55-,56+,58-,59-,65?/m0/s1. The van der Waals surface area contributed by atoms with Crippen LogP contribution in [0.5, 0.6) is 0 Å². The lowest BCUT2D eigenvalue weighted by Gasteiger charge is -2.31. The fraction of sp³-hybridized carbons (Fsp3) is 0.586. The lowest BCUT2D eigenvalue weighted by molar-refractivity contribution is -0.138. The van der Waals surface area contributed by atoms with Crippen LogP contribution < -0.4 is 59.3 Å². The summed E-state index contributed by atoms with van der Waals surface area (Å²) < 4.78 is 114. The number of carbonyl (C=O) groups excluding carboxylic acids is 10. The highest BCUT2D eigenvalue weighted by molar-refractivity contribution is 7.89. The number of aliphatic hydroxyl groups is 2. The van der Waals surface area contributed by atoms with Crippen LogP contribution in [0.2, 0.25) is 5.02 Å². The molecule has 0 aliphatic carbocycles. The van der Waals surface area contributed by atoms with Crippen molar-refractivity contribution in [3.05, 3.63) is 101 Å². The van der Waals surface area contributed by atoms with Gasteiger partial charge in [0.1, 0.15) is 30.2 Å². The zero-order valence-corrected chi connectivity index (χ0v) is 68.5. The van der Waals surface area contributed by atoms with Crippen molar-refractivity contribution in [3.63, 3.8) is 0 Å². The number of hydrogen-bond acceptors (Lipinski definition) is 22. The van der Waals surface area contributed by atoms with E-state index in [1.807, 2.05) is 0 Å². The van der Waals surface area contributed by atoms with E-state index >= 15 is 0 Å². The number of primary amides is 1. The summed E-state index contributed by atoms with van der Waals surface area (Å²) in [5.74, 6) is -12.4. The molecule has 0 saturated heterocycles. The molecule has 0 bridgehead atoms. The molecule has 10 amide bonds. The molecule has 37 nitrogen and oxygen atoms in total. The van der Waals surface area contributed by atoms with E-state index < -0.39 is 254 Å². The average Bonchev–Trinajstić information content (AvgIpc) is 0.801. The summed E-state index contributed by atoms with van der Waals surface area (Å²) in [5, 5.41) is 53.2. The van der Waals surface area contributed by atoms with E-state index in [2.05, 4.69) is 47.9 Å². The highest BCUT2D eigenvalue weighted by Crippen LogP contribution is 2.21. The van der Waals surface area contributed by atoms with Crippen LogP contribution >= 0.6 is 11.6 Å². The number of benzene rings is 3. The fourth-order valence-corrected chi connectivity index (χ4v) is 16.3. The molecule has 3 rings (SSSR count). The quantitative estimate of drug-likeness (QED) is 0.0250. The maximum absolute atomic E-state index is 14.9. The van der Waals surface area contributed by atoms with Gasteiger partial charge in [-0.05, 0) is 113 Å². The first-order valence-electron chi connectivity index (χ1n) is 36.0. The number of nitrogens with zero attached hydrogens (tertiary/aromatic N) is 4. The minimum absolute atomic E-state index is 0.0316. The highest BCUT2D eigenvalue weighted by Gasteiger charge is 2.38. The van der Waals surface area contributed by atoms with Gasteiger partial charge in [0.05, 0.1) is 68.1 Å². The largest absolute Gasteiger partial charge is 0.481 e. The molecule has 628 valence electrons. The number of aliphatic carboxylic acids is 1. The Labute approximate surface area is 660 Å². The molecule has 0 saturated carbocycles. The second-order valence-electron chi connectivity index (χ2n) is 28.2. The van der Waals surface area contributed by atoms with Crippen molar-refractivity contribution in [1.82, 2.24) is 65.1 Å². The first kappa shape index (κ1) is 97.8. The van der Waals surface area contributed by atoms with Gasteiger partial charge in [0, 0.05) is 62.7 Å². The normalized spacial score (nSPS) is 14.8. The second kappa shape index (κ2) is 46.7. The molecule has 0 spiro atoms. The van der Waals surface area contributed by atoms with Crippen LogP contribution in [0.25, 0.3) is 0 Å². The number of carboxylic acids is 1. The van der Waals surface area contributed by atoms with Crippen LogP contribution in [0.15, 0.2) is 89.8 Å². The average molecular weight is 1680 g/mol. The summed E-state index contributed by atoms with van der Waals surface area (Å²) in [7, 11) is -17.9. The number of rotatable bonds is 52. The Kier molecular flexibility index (Phi) is 40.8. The number of sulfonamides is 4. The number of carbonyl (C=O) groups is 11. The van der Waals surface area contributed by atoms with Gasteiger partial charge in [0.25, 0.3) is 0 Å². The number of halogens is 1. The Bertz CT molecular complexity index is 4120. The van der Waals surface area contributed by atoms with Gasteiger partial charge in [-0.1, -0.05) is 106 Å².